The van der Waals surface area contributed by atoms with Crippen molar-refractivity contribution in [1.29, 1.82) is 5.26 Å². The van der Waals surface area contributed by atoms with Crippen LogP contribution in [0, 0.1) is 11.3 Å². The van der Waals surface area contributed by atoms with E-state index in [1.807, 2.05) is 13.0 Å². The van der Waals surface area contributed by atoms with Gasteiger partial charge in [0.15, 0.2) is 0 Å². The molecule has 1 aromatic rings. The van der Waals surface area contributed by atoms with E-state index in [-0.39, 0.29) is 11.8 Å². The summed E-state index contributed by atoms with van der Waals surface area (Å²) in [5, 5.41) is 8.78. The van der Waals surface area contributed by atoms with Gasteiger partial charge < -0.3 is 4.74 Å². The second-order valence-electron chi connectivity index (χ2n) is 2.67. The first kappa shape index (κ1) is 10.8. The van der Waals surface area contributed by atoms with Gasteiger partial charge in [0.05, 0.1) is 18.4 Å². The van der Waals surface area contributed by atoms with Gasteiger partial charge in [-0.2, -0.15) is 5.26 Å². The van der Waals surface area contributed by atoms with Crippen molar-refractivity contribution >= 4 is 11.6 Å². The van der Waals surface area contributed by atoms with Crippen molar-refractivity contribution in [3.63, 3.8) is 0 Å². The third kappa shape index (κ3) is 2.61. The molecule has 0 aliphatic heterocycles. The van der Waals surface area contributed by atoms with Gasteiger partial charge in [-0.05, 0) is 13.0 Å². The Kier molecular flexibility index (Phi) is 4.21. The lowest BCUT2D eigenvalue weighted by Crippen LogP contribution is -2.02. The number of halogens is 1. The van der Waals surface area contributed by atoms with Crippen LogP contribution in [0.3, 0.4) is 0 Å². The van der Waals surface area contributed by atoms with E-state index in [0.29, 0.717) is 18.2 Å². The minimum Gasteiger partial charge on any atom is -0.478 e. The predicted octanol–water partition coefficient (Wildman–Crippen LogP) is 2.33. The average Bonchev–Trinajstić information content (AvgIpc) is 2.21. The number of ether oxygens (including phenoxy) is 1. The Labute approximate surface area is 88.3 Å². The van der Waals surface area contributed by atoms with Gasteiger partial charge in [0.1, 0.15) is 5.92 Å². The molecule has 0 N–H and O–H groups in total. The molecule has 0 aromatic carbocycles. The molecule has 3 nitrogen and oxygen atoms in total. The van der Waals surface area contributed by atoms with Gasteiger partial charge in [-0.3, -0.25) is 0 Å². The molecule has 1 unspecified atom stereocenters. The van der Waals surface area contributed by atoms with Gasteiger partial charge in [-0.25, -0.2) is 4.98 Å². The first-order chi connectivity index (χ1) is 6.81. The van der Waals surface area contributed by atoms with Gasteiger partial charge in [-0.15, -0.1) is 11.6 Å². The summed E-state index contributed by atoms with van der Waals surface area (Å²) in [6, 6.07) is 7.43. The number of pyridine rings is 1. The average molecular weight is 211 g/mol. The number of rotatable bonds is 4. The molecule has 14 heavy (non-hydrogen) atoms. The Hall–Kier alpha value is -1.27. The summed E-state index contributed by atoms with van der Waals surface area (Å²) >= 11 is 5.63. The summed E-state index contributed by atoms with van der Waals surface area (Å²) in [6.07, 6.45) is 0. The highest BCUT2D eigenvalue weighted by Gasteiger charge is 2.10. The van der Waals surface area contributed by atoms with E-state index in [2.05, 4.69) is 11.1 Å². The van der Waals surface area contributed by atoms with Gasteiger partial charge in [0.25, 0.3) is 0 Å². The molecule has 0 fully saturated rings. The molecule has 1 rings (SSSR count). The van der Waals surface area contributed by atoms with Crippen LogP contribution in [0.15, 0.2) is 18.2 Å². The van der Waals surface area contributed by atoms with Crippen molar-refractivity contribution in [2.75, 3.05) is 12.5 Å². The van der Waals surface area contributed by atoms with E-state index >= 15 is 0 Å². The van der Waals surface area contributed by atoms with Crippen LogP contribution in [0.1, 0.15) is 18.5 Å². The lowest BCUT2D eigenvalue weighted by Gasteiger charge is -2.06. The van der Waals surface area contributed by atoms with Crippen molar-refractivity contribution in [1.82, 2.24) is 4.98 Å². The largest absolute Gasteiger partial charge is 0.478 e. The van der Waals surface area contributed by atoms with Crippen molar-refractivity contribution in [3.05, 3.63) is 23.9 Å². The van der Waals surface area contributed by atoms with Gasteiger partial charge in [0.2, 0.25) is 5.88 Å². The molecule has 1 atom stereocenters. The maximum atomic E-state index is 8.78. The lowest BCUT2D eigenvalue weighted by molar-refractivity contribution is 0.325. The second kappa shape index (κ2) is 5.46. The van der Waals surface area contributed by atoms with Crippen molar-refractivity contribution in [2.45, 2.75) is 12.8 Å². The Morgan fingerprint density at radius 3 is 3.00 bits per heavy atom. The van der Waals surface area contributed by atoms with E-state index in [1.54, 1.807) is 12.1 Å². The number of aromatic nitrogens is 1. The van der Waals surface area contributed by atoms with E-state index in [4.69, 9.17) is 21.6 Å². The van der Waals surface area contributed by atoms with Crippen LogP contribution in [-0.2, 0) is 0 Å². The second-order valence-corrected chi connectivity index (χ2v) is 2.98. The molecule has 0 bridgehead atoms. The molecule has 0 amide bonds. The number of nitriles is 1. The summed E-state index contributed by atoms with van der Waals surface area (Å²) in [5.41, 5.74) is 0.661. The minimum atomic E-state index is -0.364. The molecule has 0 saturated carbocycles. The molecule has 0 aliphatic carbocycles. The standard InChI is InChI=1S/C10H11ClN2O/c1-2-14-10-5-3-4-9(13-10)8(6-11)7-12/h3-5,8H,2,6H2,1H3. The van der Waals surface area contributed by atoms with E-state index in [9.17, 15) is 0 Å². The molecule has 4 heteroatoms. The van der Waals surface area contributed by atoms with Crippen LogP contribution < -0.4 is 4.74 Å². The Morgan fingerprint density at radius 2 is 2.43 bits per heavy atom. The lowest BCUT2D eigenvalue weighted by atomic mass is 10.1. The van der Waals surface area contributed by atoms with E-state index in [1.165, 1.54) is 0 Å². The van der Waals surface area contributed by atoms with E-state index < -0.39 is 0 Å². The minimum absolute atomic E-state index is 0.249. The first-order valence-corrected chi connectivity index (χ1v) is 4.90. The van der Waals surface area contributed by atoms with Crippen LogP contribution in [0.2, 0.25) is 0 Å². The van der Waals surface area contributed by atoms with Crippen LogP contribution in [-0.4, -0.2) is 17.5 Å². The fraction of sp³-hybridized carbons (Fsp3) is 0.400. The fourth-order valence-corrected chi connectivity index (χ4v) is 1.26. The van der Waals surface area contributed by atoms with Crippen LogP contribution in [0.4, 0.5) is 0 Å². The zero-order valence-corrected chi connectivity index (χ0v) is 8.66. The fourth-order valence-electron chi connectivity index (χ4n) is 1.03. The van der Waals surface area contributed by atoms with Crippen LogP contribution in [0.25, 0.3) is 0 Å². The predicted molar refractivity (Wildman–Crippen MR) is 54.5 cm³/mol. The van der Waals surface area contributed by atoms with Crippen LogP contribution in [0.5, 0.6) is 5.88 Å². The number of hydrogen-bond donors (Lipinski definition) is 0. The van der Waals surface area contributed by atoms with Gasteiger partial charge in [0, 0.05) is 11.9 Å². The Bertz CT molecular complexity index is 335. The zero-order chi connectivity index (χ0) is 10.4. The summed E-state index contributed by atoms with van der Waals surface area (Å²) in [4.78, 5) is 4.18. The normalized spacial score (nSPS) is 11.8. The van der Waals surface area contributed by atoms with Gasteiger partial charge >= 0.3 is 0 Å². The van der Waals surface area contributed by atoms with E-state index in [0.717, 1.165) is 0 Å². The Balaban J connectivity index is 2.88. The first-order valence-electron chi connectivity index (χ1n) is 4.37. The molecular formula is C10H11ClN2O. The molecule has 1 aromatic heterocycles. The van der Waals surface area contributed by atoms with Crippen LogP contribution >= 0.6 is 11.6 Å². The maximum Gasteiger partial charge on any atom is 0.213 e. The number of hydrogen-bond acceptors (Lipinski definition) is 3. The topological polar surface area (TPSA) is 45.9 Å². The molecule has 0 saturated heterocycles. The van der Waals surface area contributed by atoms with Crippen molar-refractivity contribution in [3.8, 4) is 11.9 Å². The SMILES string of the molecule is CCOc1cccc(C(C#N)CCl)n1. The third-order valence-corrected chi connectivity index (χ3v) is 2.01. The van der Waals surface area contributed by atoms with Gasteiger partial charge in [-0.1, -0.05) is 6.07 Å². The molecule has 0 radical (unpaired) electrons. The van der Waals surface area contributed by atoms with Crippen molar-refractivity contribution in [2.24, 2.45) is 0 Å². The quantitative estimate of drug-likeness (QED) is 0.717. The maximum absolute atomic E-state index is 8.78. The summed E-state index contributed by atoms with van der Waals surface area (Å²) in [7, 11) is 0. The number of alkyl halides is 1. The highest BCUT2D eigenvalue weighted by atomic mass is 35.5. The number of nitrogens with zero attached hydrogens (tertiary/aromatic N) is 2. The highest BCUT2D eigenvalue weighted by molar-refractivity contribution is 6.18. The molecule has 74 valence electrons. The molecule has 0 aliphatic rings. The summed E-state index contributed by atoms with van der Waals surface area (Å²) in [5.74, 6) is 0.423. The monoisotopic (exact) mass is 210 g/mol. The molecule has 0 spiro atoms. The highest BCUT2D eigenvalue weighted by Crippen LogP contribution is 2.17. The smallest absolute Gasteiger partial charge is 0.213 e. The van der Waals surface area contributed by atoms with Crippen molar-refractivity contribution < 1.29 is 4.74 Å². The molecule has 1 heterocycles. The third-order valence-electron chi connectivity index (χ3n) is 1.70. The zero-order valence-electron chi connectivity index (χ0n) is 7.90. The summed E-state index contributed by atoms with van der Waals surface area (Å²) in [6.45, 7) is 2.45. The Morgan fingerprint density at radius 1 is 1.64 bits per heavy atom. The molecular weight excluding hydrogens is 200 g/mol. The summed E-state index contributed by atoms with van der Waals surface area (Å²) < 4.78 is 5.22.